The first-order valence-electron chi connectivity index (χ1n) is 7.65. The minimum Gasteiger partial charge on any atom is -0.339 e. The number of piperazine rings is 1. The van der Waals surface area contributed by atoms with Gasteiger partial charge < -0.3 is 10.2 Å². The first-order chi connectivity index (χ1) is 9.82. The van der Waals surface area contributed by atoms with Crippen LogP contribution in [-0.2, 0) is 4.79 Å². The third kappa shape index (κ3) is 3.88. The number of alkyl halides is 3. The molecule has 7 heteroatoms. The highest BCUT2D eigenvalue weighted by Gasteiger charge is 2.43. The molecule has 122 valence electrons. The van der Waals surface area contributed by atoms with Crippen LogP contribution in [0.4, 0.5) is 13.2 Å². The molecule has 0 aliphatic carbocycles. The monoisotopic (exact) mass is 307 g/mol. The first-order valence-corrected chi connectivity index (χ1v) is 7.65. The highest BCUT2D eigenvalue weighted by atomic mass is 19.4. The van der Waals surface area contributed by atoms with E-state index < -0.39 is 18.1 Å². The molecule has 0 radical (unpaired) electrons. The number of hydrogen-bond donors (Lipinski definition) is 1. The lowest BCUT2D eigenvalue weighted by Gasteiger charge is -2.41. The normalized spacial score (nSPS) is 32.2. The number of hydrogen-bond acceptors (Lipinski definition) is 3. The molecule has 2 aliphatic rings. The van der Waals surface area contributed by atoms with Gasteiger partial charge in [-0.25, -0.2) is 0 Å². The Hall–Kier alpha value is -0.820. The largest absolute Gasteiger partial charge is 0.393 e. The molecule has 2 rings (SSSR count). The lowest BCUT2D eigenvalue weighted by Crippen LogP contribution is -2.58. The molecule has 0 aromatic rings. The molecule has 1 amide bonds. The third-order valence-corrected chi connectivity index (χ3v) is 4.66. The number of carbonyl (C=O) groups is 1. The van der Waals surface area contributed by atoms with Crippen LogP contribution >= 0.6 is 0 Å². The van der Waals surface area contributed by atoms with Crippen molar-refractivity contribution in [1.29, 1.82) is 0 Å². The maximum Gasteiger partial charge on any atom is 0.393 e. The second-order valence-corrected chi connectivity index (χ2v) is 6.04. The van der Waals surface area contributed by atoms with Crippen molar-refractivity contribution in [3.05, 3.63) is 0 Å². The van der Waals surface area contributed by atoms with Gasteiger partial charge in [-0.05, 0) is 26.3 Å². The smallest absolute Gasteiger partial charge is 0.339 e. The first kappa shape index (κ1) is 16.5. The molecule has 0 spiro atoms. The van der Waals surface area contributed by atoms with E-state index in [1.165, 1.54) is 0 Å². The molecule has 2 aliphatic heterocycles. The standard InChI is InChI=1S/C14H24F3N3O/c1-3-19-6-7-20(9-10(19)2)13(21)12-5-4-11(8-18-12)14(15,16)17/h10-12,18H,3-9H2,1-2H3. The minimum absolute atomic E-state index is 0.0391. The number of amides is 1. The van der Waals surface area contributed by atoms with Crippen LogP contribution in [0.5, 0.6) is 0 Å². The van der Waals surface area contributed by atoms with Gasteiger partial charge in [0.25, 0.3) is 0 Å². The zero-order valence-corrected chi connectivity index (χ0v) is 12.6. The minimum atomic E-state index is -4.16. The van der Waals surface area contributed by atoms with Crippen molar-refractivity contribution in [1.82, 2.24) is 15.1 Å². The van der Waals surface area contributed by atoms with Gasteiger partial charge in [0.1, 0.15) is 0 Å². The van der Waals surface area contributed by atoms with Gasteiger partial charge in [0, 0.05) is 32.2 Å². The Kier molecular flexibility index (Phi) is 5.14. The van der Waals surface area contributed by atoms with E-state index in [2.05, 4.69) is 24.1 Å². The van der Waals surface area contributed by atoms with Crippen molar-refractivity contribution in [2.45, 2.75) is 44.9 Å². The molecule has 3 unspecified atom stereocenters. The third-order valence-electron chi connectivity index (χ3n) is 4.66. The zero-order chi connectivity index (χ0) is 15.6. The van der Waals surface area contributed by atoms with E-state index in [9.17, 15) is 18.0 Å². The molecule has 21 heavy (non-hydrogen) atoms. The highest BCUT2D eigenvalue weighted by Crippen LogP contribution is 2.32. The van der Waals surface area contributed by atoms with Crippen molar-refractivity contribution in [3.8, 4) is 0 Å². The predicted octanol–water partition coefficient (Wildman–Crippen LogP) is 1.47. The Balaban J connectivity index is 1.85. The summed E-state index contributed by atoms with van der Waals surface area (Å²) in [4.78, 5) is 16.5. The molecule has 2 fully saturated rings. The molecule has 3 atom stereocenters. The van der Waals surface area contributed by atoms with Crippen molar-refractivity contribution < 1.29 is 18.0 Å². The van der Waals surface area contributed by atoms with Crippen LogP contribution in [0.3, 0.4) is 0 Å². The Labute approximate surface area is 123 Å². The van der Waals surface area contributed by atoms with E-state index in [0.717, 1.165) is 13.1 Å². The van der Waals surface area contributed by atoms with Gasteiger partial charge in [0.05, 0.1) is 12.0 Å². The molecule has 2 heterocycles. The molecule has 0 bridgehead atoms. The number of piperidine rings is 1. The Bertz CT molecular complexity index is 367. The fourth-order valence-corrected chi connectivity index (χ4v) is 3.23. The van der Waals surface area contributed by atoms with Crippen LogP contribution in [0.25, 0.3) is 0 Å². The maximum absolute atomic E-state index is 12.6. The van der Waals surface area contributed by atoms with E-state index in [1.54, 1.807) is 4.90 Å². The summed E-state index contributed by atoms with van der Waals surface area (Å²) in [5.41, 5.74) is 0. The Morgan fingerprint density at radius 1 is 1.29 bits per heavy atom. The van der Waals surface area contributed by atoms with E-state index in [1.807, 2.05) is 0 Å². The van der Waals surface area contributed by atoms with Crippen LogP contribution in [0.1, 0.15) is 26.7 Å². The van der Waals surface area contributed by atoms with Gasteiger partial charge in [-0.1, -0.05) is 6.92 Å². The second kappa shape index (κ2) is 6.52. The lowest BCUT2D eigenvalue weighted by molar-refractivity contribution is -0.181. The van der Waals surface area contributed by atoms with Gasteiger partial charge in [0.15, 0.2) is 0 Å². The van der Waals surface area contributed by atoms with Crippen molar-refractivity contribution in [2.24, 2.45) is 5.92 Å². The van der Waals surface area contributed by atoms with Crippen molar-refractivity contribution in [2.75, 3.05) is 32.7 Å². The fourth-order valence-electron chi connectivity index (χ4n) is 3.23. The molecule has 0 aromatic heterocycles. The average Bonchev–Trinajstić information content (AvgIpc) is 2.45. The molecule has 1 N–H and O–H groups in total. The van der Waals surface area contributed by atoms with Crippen LogP contribution in [0, 0.1) is 5.92 Å². The van der Waals surface area contributed by atoms with Crippen LogP contribution in [0.15, 0.2) is 0 Å². The summed E-state index contributed by atoms with van der Waals surface area (Å²) >= 11 is 0. The zero-order valence-electron chi connectivity index (χ0n) is 12.6. The van der Waals surface area contributed by atoms with Gasteiger partial charge in [-0.2, -0.15) is 13.2 Å². The van der Waals surface area contributed by atoms with Crippen molar-refractivity contribution >= 4 is 5.91 Å². The SMILES string of the molecule is CCN1CCN(C(=O)C2CCC(C(F)(F)F)CN2)CC1C. The van der Waals surface area contributed by atoms with Crippen LogP contribution < -0.4 is 5.32 Å². The van der Waals surface area contributed by atoms with Crippen LogP contribution in [-0.4, -0.2) is 66.7 Å². The average molecular weight is 307 g/mol. The topological polar surface area (TPSA) is 35.6 Å². The molecule has 0 aromatic carbocycles. The predicted molar refractivity (Wildman–Crippen MR) is 73.9 cm³/mol. The fraction of sp³-hybridized carbons (Fsp3) is 0.929. The summed E-state index contributed by atoms with van der Waals surface area (Å²) in [7, 11) is 0. The van der Waals surface area contributed by atoms with E-state index in [-0.39, 0.29) is 25.3 Å². The van der Waals surface area contributed by atoms with Gasteiger partial charge in [-0.3, -0.25) is 9.69 Å². The molecular weight excluding hydrogens is 283 g/mol. The number of halogens is 3. The molecular formula is C14H24F3N3O. The van der Waals surface area contributed by atoms with E-state index in [0.29, 0.717) is 19.1 Å². The summed E-state index contributed by atoms with van der Waals surface area (Å²) in [5, 5.41) is 2.79. The number of nitrogens with zero attached hydrogens (tertiary/aromatic N) is 2. The van der Waals surface area contributed by atoms with Crippen molar-refractivity contribution in [3.63, 3.8) is 0 Å². The summed E-state index contributed by atoms with van der Waals surface area (Å²) < 4.78 is 37.8. The molecule has 2 saturated heterocycles. The summed E-state index contributed by atoms with van der Waals surface area (Å²) in [6, 6.07) is -0.150. The quantitative estimate of drug-likeness (QED) is 0.839. The van der Waals surface area contributed by atoms with Gasteiger partial charge in [0.2, 0.25) is 5.91 Å². The lowest BCUT2D eigenvalue weighted by atomic mass is 9.93. The highest BCUT2D eigenvalue weighted by molar-refractivity contribution is 5.82. The van der Waals surface area contributed by atoms with E-state index in [4.69, 9.17) is 0 Å². The summed E-state index contributed by atoms with van der Waals surface area (Å²) in [6.45, 7) is 7.14. The van der Waals surface area contributed by atoms with Crippen LogP contribution in [0.2, 0.25) is 0 Å². The van der Waals surface area contributed by atoms with E-state index >= 15 is 0 Å². The molecule has 0 saturated carbocycles. The number of carbonyl (C=O) groups excluding carboxylic acids is 1. The Morgan fingerprint density at radius 3 is 2.48 bits per heavy atom. The number of likely N-dealkylation sites (N-methyl/N-ethyl adjacent to an activating group) is 1. The number of rotatable bonds is 2. The summed E-state index contributed by atoms with van der Waals surface area (Å²) in [5.74, 6) is -1.37. The second-order valence-electron chi connectivity index (χ2n) is 6.04. The summed E-state index contributed by atoms with van der Waals surface area (Å²) in [6.07, 6.45) is -3.86. The van der Waals surface area contributed by atoms with Gasteiger partial charge >= 0.3 is 6.18 Å². The number of nitrogens with one attached hydrogen (secondary N) is 1. The molecule has 4 nitrogen and oxygen atoms in total. The Morgan fingerprint density at radius 2 is 2.00 bits per heavy atom. The maximum atomic E-state index is 12.6. The van der Waals surface area contributed by atoms with Gasteiger partial charge in [-0.15, -0.1) is 0 Å².